The van der Waals surface area contributed by atoms with Crippen LogP contribution in [0.5, 0.6) is 0 Å². The largest absolute Gasteiger partial charge is 0.383 e. The average Bonchev–Trinajstić information content (AvgIpc) is 2.87. The molecule has 0 saturated heterocycles. The first-order chi connectivity index (χ1) is 12.1. The normalized spacial score (nSPS) is 13.9. The quantitative estimate of drug-likeness (QED) is 0.775. The van der Waals surface area contributed by atoms with E-state index in [1.54, 1.807) is 12.3 Å². The molecule has 5 heteroatoms. The molecule has 0 aromatic carbocycles. The van der Waals surface area contributed by atoms with E-state index in [2.05, 4.69) is 44.3 Å². The third-order valence-corrected chi connectivity index (χ3v) is 4.47. The van der Waals surface area contributed by atoms with E-state index in [4.69, 9.17) is 5.73 Å². The molecule has 0 aliphatic heterocycles. The number of aryl methyl sites for hydroxylation is 1. The molecule has 0 radical (unpaired) electrons. The number of rotatable bonds is 3. The van der Waals surface area contributed by atoms with Crippen molar-refractivity contribution in [2.45, 2.75) is 40.0 Å². The molecule has 0 spiro atoms. The van der Waals surface area contributed by atoms with Gasteiger partial charge in [0.1, 0.15) is 5.82 Å². The Bertz CT molecular complexity index is 815. The maximum absolute atomic E-state index is 5.95. The minimum atomic E-state index is 0.469. The van der Waals surface area contributed by atoms with Gasteiger partial charge in [-0.3, -0.25) is 0 Å². The van der Waals surface area contributed by atoms with Crippen LogP contribution >= 0.6 is 9.24 Å². The summed E-state index contributed by atoms with van der Waals surface area (Å²) in [6, 6.07) is 1.91. The summed E-state index contributed by atoms with van der Waals surface area (Å²) < 4.78 is 1.87. The Hall–Kier alpha value is -2.19. The number of pyridine rings is 1. The van der Waals surface area contributed by atoms with Gasteiger partial charge in [-0.1, -0.05) is 38.7 Å². The van der Waals surface area contributed by atoms with Crippen molar-refractivity contribution < 1.29 is 0 Å². The number of nitrogens with zero attached hydrogens (tertiary/aromatic N) is 3. The molecule has 4 nitrogen and oxygen atoms in total. The minimum absolute atomic E-state index is 0.469. The minimum Gasteiger partial charge on any atom is -0.383 e. The van der Waals surface area contributed by atoms with Crippen LogP contribution in [0.3, 0.4) is 0 Å². The van der Waals surface area contributed by atoms with Crippen molar-refractivity contribution in [2.75, 3.05) is 5.73 Å². The molecule has 0 fully saturated rings. The molecule has 0 saturated carbocycles. The summed E-state index contributed by atoms with van der Waals surface area (Å²) in [7, 11) is 2.80. The number of nitrogens with two attached hydrogens (primary N) is 1. The Labute approximate surface area is 152 Å². The van der Waals surface area contributed by atoms with Crippen molar-refractivity contribution in [1.29, 1.82) is 0 Å². The zero-order chi connectivity index (χ0) is 18.4. The molecule has 2 aromatic heterocycles. The van der Waals surface area contributed by atoms with Gasteiger partial charge in [0.2, 0.25) is 0 Å². The number of hydrogen-bond acceptors (Lipinski definition) is 3. The van der Waals surface area contributed by atoms with Gasteiger partial charge < -0.3 is 5.73 Å². The first-order valence-electron chi connectivity index (χ1n) is 8.70. The van der Waals surface area contributed by atoms with Crippen LogP contribution in [0.25, 0.3) is 17.3 Å². The van der Waals surface area contributed by atoms with E-state index in [0.29, 0.717) is 5.82 Å². The van der Waals surface area contributed by atoms with Gasteiger partial charge in [0.15, 0.2) is 0 Å². The summed E-state index contributed by atoms with van der Waals surface area (Å²) >= 11 is 0. The molecule has 0 amide bonds. The fourth-order valence-electron chi connectivity index (χ4n) is 2.89. The second kappa shape index (κ2) is 8.77. The highest BCUT2D eigenvalue weighted by Crippen LogP contribution is 2.31. The van der Waals surface area contributed by atoms with Crippen LogP contribution in [-0.4, -0.2) is 14.8 Å². The third kappa shape index (κ3) is 4.26. The Morgan fingerprint density at radius 1 is 1.36 bits per heavy atom. The van der Waals surface area contributed by atoms with Crippen molar-refractivity contribution >= 4 is 26.7 Å². The van der Waals surface area contributed by atoms with E-state index in [1.165, 1.54) is 16.5 Å². The zero-order valence-electron chi connectivity index (χ0n) is 15.3. The topological polar surface area (TPSA) is 56.7 Å². The maximum Gasteiger partial charge on any atom is 0.132 e. The van der Waals surface area contributed by atoms with Crippen LogP contribution in [-0.2, 0) is 0 Å². The summed E-state index contributed by atoms with van der Waals surface area (Å²) in [6.07, 6.45) is 13.3. The number of anilines is 1. The SMILES string of the molecule is C=Cc1c(-n2cc(C3=CC(P)=CCCC3)c(C)n2)ccnc1N.CC. The molecule has 1 aliphatic rings. The highest BCUT2D eigenvalue weighted by Gasteiger charge is 2.14. The van der Waals surface area contributed by atoms with E-state index < -0.39 is 0 Å². The molecular formula is C20H27N4P. The first-order valence-corrected chi connectivity index (χ1v) is 9.28. The van der Waals surface area contributed by atoms with Crippen molar-refractivity contribution in [1.82, 2.24) is 14.8 Å². The summed E-state index contributed by atoms with van der Waals surface area (Å²) in [5, 5.41) is 5.92. The molecule has 2 aromatic rings. The highest BCUT2D eigenvalue weighted by atomic mass is 31.0. The maximum atomic E-state index is 5.95. The van der Waals surface area contributed by atoms with E-state index in [1.807, 2.05) is 31.5 Å². The second-order valence-electron chi connectivity index (χ2n) is 5.67. The van der Waals surface area contributed by atoms with Gasteiger partial charge in [0.05, 0.1) is 11.4 Å². The molecule has 25 heavy (non-hydrogen) atoms. The van der Waals surface area contributed by atoms with Gasteiger partial charge in [0, 0.05) is 23.5 Å². The standard InChI is InChI=1S/C18H21N4P.C2H6/c1-3-15-17(8-9-20-18(15)19)22-11-16(12(2)21-22)13-6-4-5-7-14(23)10-13;1-2/h3,7-11H,1,4-6,23H2,2H3,(H2,19,20);1-2H3. The second-order valence-corrected chi connectivity index (χ2v) is 6.34. The van der Waals surface area contributed by atoms with E-state index >= 15 is 0 Å². The lowest BCUT2D eigenvalue weighted by atomic mass is 10.0. The van der Waals surface area contributed by atoms with Gasteiger partial charge in [0.25, 0.3) is 0 Å². The lowest BCUT2D eigenvalue weighted by Crippen LogP contribution is -2.02. The molecule has 1 unspecified atom stereocenters. The lowest BCUT2D eigenvalue weighted by Gasteiger charge is -2.07. The van der Waals surface area contributed by atoms with Gasteiger partial charge in [-0.2, -0.15) is 5.10 Å². The molecule has 1 atom stereocenters. The monoisotopic (exact) mass is 354 g/mol. The zero-order valence-corrected chi connectivity index (χ0v) is 16.4. The average molecular weight is 354 g/mol. The van der Waals surface area contributed by atoms with E-state index in [0.717, 1.165) is 36.2 Å². The molecule has 3 rings (SSSR count). The van der Waals surface area contributed by atoms with Gasteiger partial charge >= 0.3 is 0 Å². The number of nitrogen functional groups attached to an aromatic ring is 1. The lowest BCUT2D eigenvalue weighted by molar-refractivity contribution is 0.859. The highest BCUT2D eigenvalue weighted by molar-refractivity contribution is 7.23. The Morgan fingerprint density at radius 3 is 2.84 bits per heavy atom. The predicted molar refractivity (Wildman–Crippen MR) is 112 cm³/mol. The number of aromatic nitrogens is 3. The summed E-state index contributed by atoms with van der Waals surface area (Å²) in [6.45, 7) is 9.88. The van der Waals surface area contributed by atoms with E-state index in [-0.39, 0.29) is 0 Å². The van der Waals surface area contributed by atoms with Crippen LogP contribution in [0.15, 0.2) is 42.5 Å². The fourth-order valence-corrected chi connectivity index (χ4v) is 3.26. The molecule has 1 aliphatic carbocycles. The van der Waals surface area contributed by atoms with Gasteiger partial charge in [-0.15, -0.1) is 9.24 Å². The van der Waals surface area contributed by atoms with Crippen molar-refractivity contribution in [3.63, 3.8) is 0 Å². The number of allylic oxidation sites excluding steroid dienone is 4. The third-order valence-electron chi connectivity index (χ3n) is 4.06. The predicted octanol–water partition coefficient (Wildman–Crippen LogP) is 5.15. The van der Waals surface area contributed by atoms with Crippen molar-refractivity contribution in [2.24, 2.45) is 0 Å². The Morgan fingerprint density at radius 2 is 2.12 bits per heavy atom. The van der Waals surface area contributed by atoms with E-state index in [9.17, 15) is 0 Å². The summed E-state index contributed by atoms with van der Waals surface area (Å²) in [4.78, 5) is 4.12. The van der Waals surface area contributed by atoms with Crippen molar-refractivity contribution in [3.8, 4) is 5.69 Å². The molecule has 0 bridgehead atoms. The fraction of sp³-hybridized carbons (Fsp3) is 0.300. The van der Waals surface area contributed by atoms with Crippen LogP contribution in [0, 0.1) is 6.92 Å². The van der Waals surface area contributed by atoms with Crippen LogP contribution in [0.2, 0.25) is 0 Å². The van der Waals surface area contributed by atoms with Gasteiger partial charge in [-0.25, -0.2) is 9.67 Å². The van der Waals surface area contributed by atoms with Crippen molar-refractivity contribution in [3.05, 3.63) is 59.3 Å². The Kier molecular flexibility index (Phi) is 6.72. The molecule has 132 valence electrons. The molecule has 2 N–H and O–H groups in total. The van der Waals surface area contributed by atoms with Crippen LogP contribution in [0.1, 0.15) is 49.9 Å². The first kappa shape index (κ1) is 19.1. The molecular weight excluding hydrogens is 327 g/mol. The van der Waals surface area contributed by atoms with Crippen LogP contribution in [0.4, 0.5) is 5.82 Å². The van der Waals surface area contributed by atoms with Crippen LogP contribution < -0.4 is 5.73 Å². The Balaban J connectivity index is 0.00000109. The summed E-state index contributed by atoms with van der Waals surface area (Å²) in [5.41, 5.74) is 11.2. The number of hydrogen-bond donors (Lipinski definition) is 1. The smallest absolute Gasteiger partial charge is 0.132 e. The van der Waals surface area contributed by atoms with Gasteiger partial charge in [-0.05, 0) is 43.1 Å². The summed E-state index contributed by atoms with van der Waals surface area (Å²) in [5.74, 6) is 0.469. The molecule has 2 heterocycles.